The van der Waals surface area contributed by atoms with E-state index in [2.05, 4.69) is 276 Å². The fourth-order valence-corrected chi connectivity index (χ4v) is 11.8. The normalized spacial score (nSPS) is 12.8. The van der Waals surface area contributed by atoms with E-state index in [1.165, 1.54) is 110 Å². The maximum atomic E-state index is 2.53. The Kier molecular flexibility index (Phi) is 8.84. The molecule has 69 heavy (non-hydrogen) atoms. The molecule has 11 aromatic carbocycles. The first-order chi connectivity index (χ1) is 34.2. The number of fused-ring (bicyclic) bond motifs is 10. The molecule has 2 nitrogen and oxygen atoms in total. The monoisotopic (exact) mass is 876 g/mol. The van der Waals surface area contributed by atoms with Crippen LogP contribution in [0.5, 0.6) is 0 Å². The summed E-state index contributed by atoms with van der Waals surface area (Å²) < 4.78 is 4.94. The number of hydrogen-bond acceptors (Lipinski definition) is 0. The topological polar surface area (TPSA) is 9.86 Å². The van der Waals surface area contributed by atoms with Crippen molar-refractivity contribution >= 4 is 43.6 Å². The van der Waals surface area contributed by atoms with Gasteiger partial charge in [-0.15, -0.1) is 0 Å². The van der Waals surface area contributed by atoms with E-state index in [0.717, 1.165) is 11.4 Å². The second kappa shape index (κ2) is 15.6. The van der Waals surface area contributed by atoms with Gasteiger partial charge in [0.2, 0.25) is 0 Å². The largest absolute Gasteiger partial charge is 0.309 e. The summed E-state index contributed by atoms with van der Waals surface area (Å²) in [6, 6.07) is 98.5. The van der Waals surface area contributed by atoms with E-state index in [0.29, 0.717) is 0 Å². The summed E-state index contributed by atoms with van der Waals surface area (Å²) in [4.78, 5) is 0. The van der Waals surface area contributed by atoms with Crippen LogP contribution in [0.15, 0.2) is 267 Å². The number of rotatable bonds is 7. The molecule has 322 valence electrons. The van der Waals surface area contributed by atoms with Crippen molar-refractivity contribution in [3.05, 3.63) is 289 Å². The zero-order chi connectivity index (χ0) is 45.5. The number of hydrogen-bond donors (Lipinski definition) is 0. The predicted molar refractivity (Wildman–Crippen MR) is 289 cm³/mol. The SMILES string of the molecule is c1ccc(-c2ccc(-n3c4ccccc4c4cc(-c5ccc6c(c5)c5ccc7c(c5n6-c5ccc(-c6ccccc6)cc5)-c5ccccc5C7(c5ccccc5)c5ccccc5)ccc43)cc2)cc1. The number of aromatic nitrogens is 2. The van der Waals surface area contributed by atoms with Crippen molar-refractivity contribution in [1.29, 1.82) is 0 Å². The van der Waals surface area contributed by atoms with Gasteiger partial charge in [-0.2, -0.15) is 0 Å². The summed E-state index contributed by atoms with van der Waals surface area (Å²) in [5.74, 6) is 0. The third-order valence-corrected chi connectivity index (χ3v) is 14.8. The van der Waals surface area contributed by atoms with Crippen LogP contribution in [0.2, 0.25) is 0 Å². The Balaban J connectivity index is 0.993. The van der Waals surface area contributed by atoms with Crippen molar-refractivity contribution in [2.45, 2.75) is 5.41 Å². The van der Waals surface area contributed by atoms with Crippen LogP contribution in [-0.4, -0.2) is 9.13 Å². The lowest BCUT2D eigenvalue weighted by molar-refractivity contribution is 0.769. The lowest BCUT2D eigenvalue weighted by Crippen LogP contribution is -2.28. The molecule has 2 heteroatoms. The highest BCUT2D eigenvalue weighted by Crippen LogP contribution is 2.58. The van der Waals surface area contributed by atoms with Crippen LogP contribution < -0.4 is 0 Å². The fourth-order valence-electron chi connectivity index (χ4n) is 11.8. The average Bonchev–Trinajstić information content (AvgIpc) is 4.06. The van der Waals surface area contributed by atoms with Crippen molar-refractivity contribution in [1.82, 2.24) is 9.13 Å². The summed E-state index contributed by atoms with van der Waals surface area (Å²) in [7, 11) is 0. The minimum atomic E-state index is -0.509. The summed E-state index contributed by atoms with van der Waals surface area (Å²) >= 11 is 0. The second-order valence-electron chi connectivity index (χ2n) is 18.4. The van der Waals surface area contributed by atoms with E-state index in [4.69, 9.17) is 0 Å². The van der Waals surface area contributed by atoms with Gasteiger partial charge in [0.1, 0.15) is 0 Å². The lowest BCUT2D eigenvalue weighted by atomic mass is 9.67. The Morgan fingerprint density at radius 1 is 0.261 bits per heavy atom. The quantitative estimate of drug-likeness (QED) is 0.151. The molecule has 13 aromatic rings. The minimum absolute atomic E-state index is 0.509. The first-order valence-corrected chi connectivity index (χ1v) is 23.9. The number of benzene rings is 11. The maximum Gasteiger partial charge on any atom is 0.0714 e. The van der Waals surface area contributed by atoms with E-state index in [1.54, 1.807) is 0 Å². The smallest absolute Gasteiger partial charge is 0.0714 e. The molecule has 0 unspecified atom stereocenters. The molecule has 0 aliphatic heterocycles. The van der Waals surface area contributed by atoms with Crippen LogP contribution in [0.4, 0.5) is 0 Å². The van der Waals surface area contributed by atoms with E-state index in [-0.39, 0.29) is 0 Å². The van der Waals surface area contributed by atoms with Gasteiger partial charge in [-0.3, -0.25) is 0 Å². The fraction of sp³-hybridized carbons (Fsp3) is 0.0149. The molecular formula is C67H44N2. The van der Waals surface area contributed by atoms with Gasteiger partial charge in [-0.25, -0.2) is 0 Å². The highest BCUT2D eigenvalue weighted by Gasteiger charge is 2.47. The van der Waals surface area contributed by atoms with Crippen LogP contribution in [0.3, 0.4) is 0 Å². The second-order valence-corrected chi connectivity index (χ2v) is 18.4. The van der Waals surface area contributed by atoms with Gasteiger partial charge in [0.05, 0.1) is 27.5 Å². The molecule has 2 aromatic heterocycles. The van der Waals surface area contributed by atoms with E-state index < -0.39 is 5.41 Å². The zero-order valence-corrected chi connectivity index (χ0v) is 37.8. The first kappa shape index (κ1) is 39.2. The van der Waals surface area contributed by atoms with Crippen molar-refractivity contribution in [3.8, 4) is 55.9 Å². The predicted octanol–water partition coefficient (Wildman–Crippen LogP) is 17.2. The molecule has 1 aliphatic carbocycles. The van der Waals surface area contributed by atoms with Gasteiger partial charge in [0.15, 0.2) is 0 Å². The number of nitrogens with zero attached hydrogens (tertiary/aromatic N) is 2. The van der Waals surface area contributed by atoms with Crippen molar-refractivity contribution in [2.24, 2.45) is 0 Å². The molecular weight excluding hydrogens is 833 g/mol. The molecule has 1 aliphatic rings. The highest BCUT2D eigenvalue weighted by molar-refractivity contribution is 6.17. The van der Waals surface area contributed by atoms with Crippen molar-refractivity contribution in [2.75, 3.05) is 0 Å². The molecule has 0 saturated carbocycles. The Morgan fingerprint density at radius 2 is 0.696 bits per heavy atom. The Morgan fingerprint density at radius 3 is 1.29 bits per heavy atom. The third kappa shape index (κ3) is 5.92. The third-order valence-electron chi connectivity index (χ3n) is 14.8. The van der Waals surface area contributed by atoms with Gasteiger partial charge < -0.3 is 9.13 Å². The van der Waals surface area contributed by atoms with Crippen molar-refractivity contribution < 1.29 is 0 Å². The molecule has 0 spiro atoms. The number of para-hydroxylation sites is 1. The maximum absolute atomic E-state index is 2.53. The minimum Gasteiger partial charge on any atom is -0.309 e. The van der Waals surface area contributed by atoms with Crippen LogP contribution in [0, 0.1) is 0 Å². The Labute approximate surface area is 401 Å². The summed E-state index contributed by atoms with van der Waals surface area (Å²) in [5.41, 5.74) is 21.5. The molecule has 0 fully saturated rings. The standard InChI is InChI=1S/C67H44N2/c1-5-17-45(18-6-1)47-29-35-53(36-30-47)68-62-28-16-14-25-55(62)58-43-49(33-41-63(58)68)50-34-42-64-59(44-50)56-39-40-61-65(66(56)69(64)54-37-31-48(32-38-54)46-19-7-2-8-20-46)57-26-13-15-27-60(57)67(61,51-21-9-3-10-22-51)52-23-11-4-12-24-52/h1-44H. The van der Waals surface area contributed by atoms with Crippen LogP contribution in [-0.2, 0) is 5.41 Å². The Bertz CT molecular complexity index is 4030. The van der Waals surface area contributed by atoms with Gasteiger partial charge >= 0.3 is 0 Å². The van der Waals surface area contributed by atoms with Crippen LogP contribution >= 0.6 is 0 Å². The molecule has 14 rings (SSSR count). The Hall–Kier alpha value is -8.98. The van der Waals surface area contributed by atoms with E-state index in [1.807, 2.05) is 0 Å². The molecule has 0 atom stereocenters. The molecule has 0 radical (unpaired) electrons. The molecule has 2 heterocycles. The first-order valence-electron chi connectivity index (χ1n) is 23.9. The van der Waals surface area contributed by atoms with E-state index >= 15 is 0 Å². The molecule has 0 amide bonds. The lowest BCUT2D eigenvalue weighted by Gasteiger charge is -2.33. The van der Waals surface area contributed by atoms with Gasteiger partial charge in [-0.1, -0.05) is 212 Å². The molecule has 0 saturated heterocycles. The van der Waals surface area contributed by atoms with Gasteiger partial charge in [0, 0.05) is 38.5 Å². The van der Waals surface area contributed by atoms with Crippen LogP contribution in [0.1, 0.15) is 22.3 Å². The van der Waals surface area contributed by atoms with E-state index in [9.17, 15) is 0 Å². The van der Waals surface area contributed by atoms with Crippen molar-refractivity contribution in [3.63, 3.8) is 0 Å². The van der Waals surface area contributed by atoms with Crippen LogP contribution in [0.25, 0.3) is 99.5 Å². The highest BCUT2D eigenvalue weighted by atomic mass is 15.0. The molecule has 0 N–H and O–H groups in total. The van der Waals surface area contributed by atoms with Gasteiger partial charge in [-0.05, 0) is 116 Å². The summed E-state index contributed by atoms with van der Waals surface area (Å²) in [6.07, 6.45) is 0. The summed E-state index contributed by atoms with van der Waals surface area (Å²) in [5, 5.41) is 4.95. The zero-order valence-electron chi connectivity index (χ0n) is 37.8. The summed E-state index contributed by atoms with van der Waals surface area (Å²) in [6.45, 7) is 0. The average molecular weight is 877 g/mol. The molecule has 0 bridgehead atoms. The van der Waals surface area contributed by atoms with Gasteiger partial charge in [0.25, 0.3) is 0 Å².